The van der Waals surface area contributed by atoms with Crippen molar-refractivity contribution >= 4 is 10.0 Å². The fraction of sp³-hybridized carbons (Fsp3) is 0.400. The maximum Gasteiger partial charge on any atom is 0.212 e. The minimum Gasteiger partial charge on any atom is -0.228 e. The Morgan fingerprint density at radius 1 is 1.29 bits per heavy atom. The van der Waals surface area contributed by atoms with Crippen molar-refractivity contribution in [1.82, 2.24) is 0 Å². The third-order valence-electron chi connectivity index (χ3n) is 2.62. The fourth-order valence-electron chi connectivity index (χ4n) is 1.75. The lowest BCUT2D eigenvalue weighted by molar-refractivity contribution is 0.593. The average molecular weight is 211 g/mol. The highest BCUT2D eigenvalue weighted by atomic mass is 32.2. The molecule has 2 N–H and O–H groups in total. The quantitative estimate of drug-likeness (QED) is 0.807. The summed E-state index contributed by atoms with van der Waals surface area (Å²) >= 11 is 0. The Morgan fingerprint density at radius 3 is 2.43 bits per heavy atom. The van der Waals surface area contributed by atoms with Crippen molar-refractivity contribution in [2.45, 2.75) is 18.1 Å². The summed E-state index contributed by atoms with van der Waals surface area (Å²) in [4.78, 5) is 0. The number of nitrogens with two attached hydrogens (primary N) is 1. The summed E-state index contributed by atoms with van der Waals surface area (Å²) in [7, 11) is -3.30. The minimum absolute atomic E-state index is 0.229. The number of sulfonamides is 1. The van der Waals surface area contributed by atoms with Gasteiger partial charge in [0.05, 0.1) is 5.25 Å². The predicted molar refractivity (Wildman–Crippen MR) is 55.1 cm³/mol. The van der Waals surface area contributed by atoms with E-state index < -0.39 is 10.0 Å². The molecule has 2 rings (SSSR count). The zero-order valence-corrected chi connectivity index (χ0v) is 8.57. The van der Waals surface area contributed by atoms with Gasteiger partial charge in [0.2, 0.25) is 10.0 Å². The maximum absolute atomic E-state index is 11.0. The molecule has 2 unspecified atom stereocenters. The van der Waals surface area contributed by atoms with E-state index in [9.17, 15) is 8.42 Å². The molecule has 3 nitrogen and oxygen atoms in total. The summed E-state index contributed by atoms with van der Waals surface area (Å²) in [5.41, 5.74) is 1.18. The normalized spacial score (nSPS) is 26.1. The number of benzene rings is 1. The standard InChI is InChI=1S/C10H13NO2S/c11-14(12,13)10-7-9(10)6-8-4-2-1-3-5-8/h1-5,9-10H,6-7H2,(H2,11,12,13). The van der Waals surface area contributed by atoms with Gasteiger partial charge in [-0.3, -0.25) is 0 Å². The highest BCUT2D eigenvalue weighted by Crippen LogP contribution is 2.38. The van der Waals surface area contributed by atoms with Gasteiger partial charge in [0.15, 0.2) is 0 Å². The van der Waals surface area contributed by atoms with Crippen molar-refractivity contribution in [3.05, 3.63) is 35.9 Å². The van der Waals surface area contributed by atoms with Crippen molar-refractivity contribution < 1.29 is 8.42 Å². The van der Waals surface area contributed by atoms with E-state index in [-0.39, 0.29) is 11.2 Å². The highest BCUT2D eigenvalue weighted by Gasteiger charge is 2.45. The van der Waals surface area contributed by atoms with Crippen LogP contribution in [0.15, 0.2) is 30.3 Å². The zero-order chi connectivity index (χ0) is 10.2. The molecule has 1 aliphatic carbocycles. The molecule has 2 atom stereocenters. The second-order valence-corrected chi connectivity index (χ2v) is 5.60. The van der Waals surface area contributed by atoms with Crippen LogP contribution in [0.1, 0.15) is 12.0 Å². The second kappa shape index (κ2) is 3.37. The first-order valence-electron chi connectivity index (χ1n) is 4.63. The van der Waals surface area contributed by atoms with Crippen molar-refractivity contribution in [1.29, 1.82) is 0 Å². The molecule has 0 saturated heterocycles. The van der Waals surface area contributed by atoms with Crippen molar-refractivity contribution in [2.75, 3.05) is 0 Å². The van der Waals surface area contributed by atoms with Crippen molar-refractivity contribution in [3.8, 4) is 0 Å². The van der Waals surface area contributed by atoms with E-state index in [1.807, 2.05) is 30.3 Å². The van der Waals surface area contributed by atoms with Crippen molar-refractivity contribution in [3.63, 3.8) is 0 Å². The first-order chi connectivity index (χ1) is 6.57. The Bertz CT molecular complexity index is 413. The molecule has 76 valence electrons. The van der Waals surface area contributed by atoms with Gasteiger partial charge in [-0.1, -0.05) is 30.3 Å². The van der Waals surface area contributed by atoms with Crippen LogP contribution in [-0.4, -0.2) is 13.7 Å². The van der Waals surface area contributed by atoms with Gasteiger partial charge in [-0.15, -0.1) is 0 Å². The Kier molecular flexibility index (Phi) is 2.33. The van der Waals surface area contributed by atoms with Crippen LogP contribution in [0.25, 0.3) is 0 Å². The summed E-state index contributed by atoms with van der Waals surface area (Å²) in [6.45, 7) is 0. The molecule has 1 aromatic rings. The lowest BCUT2D eigenvalue weighted by atomic mass is 10.1. The molecule has 0 bridgehead atoms. The summed E-state index contributed by atoms with van der Waals surface area (Å²) in [5, 5.41) is 4.75. The average Bonchev–Trinajstić information content (AvgIpc) is 2.85. The van der Waals surface area contributed by atoms with Gasteiger partial charge in [0.1, 0.15) is 0 Å². The van der Waals surface area contributed by atoms with Crippen molar-refractivity contribution in [2.24, 2.45) is 11.1 Å². The van der Waals surface area contributed by atoms with Gasteiger partial charge in [0.25, 0.3) is 0 Å². The SMILES string of the molecule is NS(=O)(=O)C1CC1Cc1ccccc1. The number of hydrogen-bond donors (Lipinski definition) is 1. The molecule has 0 amide bonds. The van der Waals surface area contributed by atoms with E-state index in [2.05, 4.69) is 0 Å². The Hall–Kier alpha value is -0.870. The summed E-state index contributed by atoms with van der Waals surface area (Å²) < 4.78 is 21.9. The third-order valence-corrected chi connectivity index (χ3v) is 4.04. The molecule has 14 heavy (non-hydrogen) atoms. The topological polar surface area (TPSA) is 60.2 Å². The van der Waals surface area contributed by atoms with Gasteiger partial charge in [-0.2, -0.15) is 0 Å². The lowest BCUT2D eigenvalue weighted by Crippen LogP contribution is -2.19. The minimum atomic E-state index is -3.30. The van der Waals surface area contributed by atoms with Gasteiger partial charge in [-0.05, 0) is 24.3 Å². The first-order valence-corrected chi connectivity index (χ1v) is 6.24. The van der Waals surface area contributed by atoms with Crippen LogP contribution in [0.3, 0.4) is 0 Å². The number of primary sulfonamides is 1. The molecule has 0 spiro atoms. The van der Waals surface area contributed by atoms with Gasteiger partial charge >= 0.3 is 0 Å². The van der Waals surface area contributed by atoms with E-state index >= 15 is 0 Å². The molecule has 0 aliphatic heterocycles. The molecular weight excluding hydrogens is 198 g/mol. The highest BCUT2D eigenvalue weighted by molar-refractivity contribution is 7.90. The van der Waals surface area contributed by atoms with E-state index in [1.165, 1.54) is 5.56 Å². The first kappa shape index (κ1) is 9.68. The van der Waals surface area contributed by atoms with Gasteiger partial charge in [-0.25, -0.2) is 13.6 Å². The smallest absolute Gasteiger partial charge is 0.212 e. The van der Waals surface area contributed by atoms with Crippen LogP contribution in [0.4, 0.5) is 0 Å². The third kappa shape index (κ3) is 2.13. The molecule has 1 aliphatic rings. The van der Waals surface area contributed by atoms with E-state index in [1.54, 1.807) is 0 Å². The van der Waals surface area contributed by atoms with Crippen LogP contribution < -0.4 is 5.14 Å². The second-order valence-electron chi connectivity index (χ2n) is 3.81. The fourth-order valence-corrected chi connectivity index (χ4v) is 2.90. The molecule has 1 aromatic carbocycles. The predicted octanol–water partition coefficient (Wildman–Crippen LogP) is 0.906. The zero-order valence-electron chi connectivity index (χ0n) is 7.76. The molecule has 0 heterocycles. The largest absolute Gasteiger partial charge is 0.228 e. The molecule has 1 saturated carbocycles. The van der Waals surface area contributed by atoms with Gasteiger partial charge < -0.3 is 0 Å². The molecular formula is C10H13NO2S. The number of hydrogen-bond acceptors (Lipinski definition) is 2. The number of rotatable bonds is 3. The summed E-state index contributed by atoms with van der Waals surface area (Å²) in [6, 6.07) is 9.90. The lowest BCUT2D eigenvalue weighted by Gasteiger charge is -1.98. The van der Waals surface area contributed by atoms with Crippen LogP contribution in [-0.2, 0) is 16.4 Å². The molecule has 0 aromatic heterocycles. The van der Waals surface area contributed by atoms with Crippen LogP contribution in [0.5, 0.6) is 0 Å². The van der Waals surface area contributed by atoms with E-state index in [0.29, 0.717) is 6.42 Å². The summed E-state index contributed by atoms with van der Waals surface area (Å²) in [5.74, 6) is 0.229. The Balaban J connectivity index is 1.98. The molecule has 1 fully saturated rings. The Morgan fingerprint density at radius 2 is 1.93 bits per heavy atom. The molecule has 0 radical (unpaired) electrons. The van der Waals surface area contributed by atoms with Crippen LogP contribution in [0, 0.1) is 5.92 Å². The molecule has 4 heteroatoms. The Labute approximate surface area is 84.0 Å². The van der Waals surface area contributed by atoms with E-state index in [4.69, 9.17) is 5.14 Å². The maximum atomic E-state index is 11.0. The van der Waals surface area contributed by atoms with Crippen LogP contribution in [0.2, 0.25) is 0 Å². The monoisotopic (exact) mass is 211 g/mol. The summed E-state index contributed by atoms with van der Waals surface area (Å²) in [6.07, 6.45) is 1.54. The van der Waals surface area contributed by atoms with Gasteiger partial charge in [0, 0.05) is 0 Å². The van der Waals surface area contributed by atoms with E-state index in [0.717, 1.165) is 6.42 Å². The van der Waals surface area contributed by atoms with Crippen LogP contribution >= 0.6 is 0 Å².